The first-order valence-electron chi connectivity index (χ1n) is 10.9. The normalized spacial score (nSPS) is 21.2. The van der Waals surface area contributed by atoms with Crippen molar-refractivity contribution in [1.82, 2.24) is 0 Å². The van der Waals surface area contributed by atoms with Crippen molar-refractivity contribution in [2.75, 3.05) is 13.7 Å². The van der Waals surface area contributed by atoms with Gasteiger partial charge in [0.05, 0.1) is 19.8 Å². The van der Waals surface area contributed by atoms with Crippen molar-refractivity contribution in [2.24, 2.45) is 17.6 Å². The lowest BCUT2D eigenvalue weighted by molar-refractivity contribution is -0.140. The largest absolute Gasteiger partial charge is 0.469 e. The monoisotopic (exact) mass is 407 g/mol. The van der Waals surface area contributed by atoms with E-state index in [0.717, 1.165) is 19.3 Å². The summed E-state index contributed by atoms with van der Waals surface area (Å²) in [5, 5.41) is 0. The van der Waals surface area contributed by atoms with Crippen molar-refractivity contribution in [2.45, 2.75) is 44.8 Å². The summed E-state index contributed by atoms with van der Waals surface area (Å²) in [6, 6.07) is 19.0. The number of rotatable bonds is 10. The van der Waals surface area contributed by atoms with Gasteiger partial charge in [-0.25, -0.2) is 0 Å². The Hall–Kier alpha value is -2.43. The Balaban J connectivity index is 1.51. The molecule has 3 atom stereocenters. The summed E-state index contributed by atoms with van der Waals surface area (Å²) in [7, 11) is 1.42. The van der Waals surface area contributed by atoms with Gasteiger partial charge in [0.15, 0.2) is 0 Å². The Labute approximate surface area is 180 Å². The number of carbonyl (C=O) groups is 1. The lowest BCUT2D eigenvalue weighted by Crippen LogP contribution is -2.26. The van der Waals surface area contributed by atoms with E-state index in [4.69, 9.17) is 10.5 Å². The number of hydrogen-bond acceptors (Lipinski definition) is 4. The van der Waals surface area contributed by atoms with Gasteiger partial charge in [-0.05, 0) is 60.8 Å². The highest BCUT2D eigenvalue weighted by atomic mass is 16.5. The number of carbonyl (C=O) groups excluding carboxylic acids is 1. The third-order valence-corrected chi connectivity index (χ3v) is 6.05. The molecule has 4 heteroatoms. The molecule has 0 bridgehead atoms. The summed E-state index contributed by atoms with van der Waals surface area (Å²) in [4.78, 5) is 11.2. The average molecular weight is 408 g/mol. The summed E-state index contributed by atoms with van der Waals surface area (Å²) in [6.45, 7) is 1.33. The summed E-state index contributed by atoms with van der Waals surface area (Å²) >= 11 is 0. The second-order valence-corrected chi connectivity index (χ2v) is 7.97. The van der Waals surface area contributed by atoms with Crippen molar-refractivity contribution in [3.63, 3.8) is 0 Å². The quantitative estimate of drug-likeness (QED) is 0.438. The van der Waals surface area contributed by atoms with Crippen molar-refractivity contribution < 1.29 is 14.3 Å². The van der Waals surface area contributed by atoms with Crippen LogP contribution < -0.4 is 5.73 Å². The molecule has 1 saturated carbocycles. The molecule has 0 unspecified atom stereocenters. The van der Waals surface area contributed by atoms with Gasteiger partial charge in [0.2, 0.25) is 0 Å². The molecule has 0 spiro atoms. The fourth-order valence-electron chi connectivity index (χ4n) is 4.26. The molecule has 30 heavy (non-hydrogen) atoms. The molecule has 160 valence electrons. The zero-order chi connectivity index (χ0) is 21.2. The van der Waals surface area contributed by atoms with Crippen LogP contribution in [0.4, 0.5) is 0 Å². The highest BCUT2D eigenvalue weighted by Crippen LogP contribution is 2.36. The predicted octanol–water partition coefficient (Wildman–Crippen LogP) is 5.12. The number of hydrogen-bond donors (Lipinski definition) is 1. The first-order chi connectivity index (χ1) is 14.7. The molecular formula is C26H33NO3. The molecule has 1 aliphatic carbocycles. The topological polar surface area (TPSA) is 61.5 Å². The van der Waals surface area contributed by atoms with Gasteiger partial charge in [0, 0.05) is 6.42 Å². The molecule has 1 fully saturated rings. The number of nitrogens with two attached hydrogens (primary N) is 1. The van der Waals surface area contributed by atoms with E-state index < -0.39 is 0 Å². The van der Waals surface area contributed by atoms with E-state index in [1.807, 2.05) is 6.07 Å². The van der Waals surface area contributed by atoms with Gasteiger partial charge in [-0.3, -0.25) is 4.79 Å². The molecular weight excluding hydrogens is 374 g/mol. The van der Waals surface area contributed by atoms with Gasteiger partial charge in [0.25, 0.3) is 0 Å². The van der Waals surface area contributed by atoms with E-state index >= 15 is 0 Å². The minimum Gasteiger partial charge on any atom is -0.469 e. The van der Waals surface area contributed by atoms with Crippen LogP contribution in [0, 0.1) is 11.8 Å². The number of methoxy groups -OCH3 is 1. The minimum absolute atomic E-state index is 0.167. The molecule has 3 rings (SSSR count). The molecule has 0 aliphatic heterocycles. The molecule has 0 aromatic heterocycles. The molecule has 2 aromatic carbocycles. The molecule has 0 saturated heterocycles. The SMILES string of the molecule is COC(=O)CC/C=C\C[C@@H]1[C@@H](CN)CC[C@@H]1OCc1ccc(-c2ccccc2)cc1. The third kappa shape index (κ3) is 6.28. The smallest absolute Gasteiger partial charge is 0.305 e. The maximum atomic E-state index is 11.2. The number of ether oxygens (including phenoxy) is 2. The highest BCUT2D eigenvalue weighted by Gasteiger charge is 2.35. The van der Waals surface area contributed by atoms with Crippen LogP contribution in [0.25, 0.3) is 11.1 Å². The molecule has 1 aliphatic rings. The summed E-state index contributed by atoms with van der Waals surface area (Å²) in [5.41, 5.74) is 9.65. The predicted molar refractivity (Wildman–Crippen MR) is 121 cm³/mol. The number of benzene rings is 2. The Bertz CT molecular complexity index is 801. The average Bonchev–Trinajstić information content (AvgIpc) is 3.20. The molecule has 2 aromatic rings. The zero-order valence-electron chi connectivity index (χ0n) is 17.8. The van der Waals surface area contributed by atoms with Crippen LogP contribution in [0.3, 0.4) is 0 Å². The maximum Gasteiger partial charge on any atom is 0.305 e. The lowest BCUT2D eigenvalue weighted by Gasteiger charge is -2.23. The number of esters is 1. The first kappa shape index (κ1) is 22.3. The second kappa shape index (κ2) is 11.7. The van der Waals surface area contributed by atoms with Gasteiger partial charge in [-0.2, -0.15) is 0 Å². The van der Waals surface area contributed by atoms with Crippen LogP contribution >= 0.6 is 0 Å². The number of allylic oxidation sites excluding steroid dienone is 2. The van der Waals surface area contributed by atoms with E-state index in [1.165, 1.54) is 23.8 Å². The van der Waals surface area contributed by atoms with Gasteiger partial charge in [0.1, 0.15) is 0 Å². The minimum atomic E-state index is -0.167. The van der Waals surface area contributed by atoms with E-state index in [9.17, 15) is 4.79 Å². The Morgan fingerprint density at radius 3 is 2.47 bits per heavy atom. The fraction of sp³-hybridized carbons (Fsp3) is 0.423. The second-order valence-electron chi connectivity index (χ2n) is 7.97. The van der Waals surface area contributed by atoms with Crippen LogP contribution in [0.2, 0.25) is 0 Å². The van der Waals surface area contributed by atoms with Gasteiger partial charge in [-0.15, -0.1) is 0 Å². The Kier molecular flexibility index (Phi) is 8.66. The van der Waals surface area contributed by atoms with Crippen LogP contribution in [0.1, 0.15) is 37.7 Å². The lowest BCUT2D eigenvalue weighted by atomic mass is 9.91. The Morgan fingerprint density at radius 1 is 1.03 bits per heavy atom. The van der Waals surface area contributed by atoms with Crippen molar-refractivity contribution in [3.05, 3.63) is 72.3 Å². The van der Waals surface area contributed by atoms with E-state index in [2.05, 4.69) is 65.4 Å². The molecule has 0 radical (unpaired) electrons. The first-order valence-corrected chi connectivity index (χ1v) is 10.9. The molecule has 2 N–H and O–H groups in total. The zero-order valence-corrected chi connectivity index (χ0v) is 17.8. The van der Waals surface area contributed by atoms with E-state index in [1.54, 1.807) is 0 Å². The Morgan fingerprint density at radius 2 is 1.77 bits per heavy atom. The van der Waals surface area contributed by atoms with E-state index in [0.29, 0.717) is 37.8 Å². The van der Waals surface area contributed by atoms with Crippen LogP contribution in [0.15, 0.2) is 66.7 Å². The third-order valence-electron chi connectivity index (χ3n) is 6.05. The van der Waals surface area contributed by atoms with E-state index in [-0.39, 0.29) is 12.1 Å². The van der Waals surface area contributed by atoms with Crippen LogP contribution in [0.5, 0.6) is 0 Å². The maximum absolute atomic E-state index is 11.2. The standard InChI is InChI=1S/C26H33NO3/c1-29-26(28)11-7-3-6-10-24-23(18-27)16-17-25(24)30-19-20-12-14-22(15-13-20)21-8-4-2-5-9-21/h2-6,8-9,12-15,23-25H,7,10-11,16-19,27H2,1H3/b6-3-/t23-,24-,25+/m1/s1. The highest BCUT2D eigenvalue weighted by molar-refractivity contribution is 5.69. The van der Waals surface area contributed by atoms with Crippen LogP contribution in [-0.2, 0) is 20.9 Å². The fourth-order valence-corrected chi connectivity index (χ4v) is 4.26. The van der Waals surface area contributed by atoms with Crippen LogP contribution in [-0.4, -0.2) is 25.7 Å². The summed E-state index contributed by atoms with van der Waals surface area (Å²) in [5.74, 6) is 0.772. The van der Waals surface area contributed by atoms with Gasteiger partial charge in [-0.1, -0.05) is 66.7 Å². The molecule has 4 nitrogen and oxygen atoms in total. The molecule has 0 heterocycles. The van der Waals surface area contributed by atoms with Crippen molar-refractivity contribution in [3.8, 4) is 11.1 Å². The summed E-state index contributed by atoms with van der Waals surface area (Å²) < 4.78 is 11.0. The van der Waals surface area contributed by atoms with Gasteiger partial charge >= 0.3 is 5.97 Å². The van der Waals surface area contributed by atoms with Crippen molar-refractivity contribution in [1.29, 1.82) is 0 Å². The summed E-state index contributed by atoms with van der Waals surface area (Å²) in [6.07, 6.45) is 8.75. The molecule has 0 amide bonds. The van der Waals surface area contributed by atoms with Crippen molar-refractivity contribution >= 4 is 5.97 Å². The van der Waals surface area contributed by atoms with Gasteiger partial charge < -0.3 is 15.2 Å².